The van der Waals surface area contributed by atoms with Crippen LogP contribution in [0.15, 0.2) is 53.1 Å². The number of ether oxygens (including phenoxy) is 1. The first-order valence-electron chi connectivity index (χ1n) is 7.90. The van der Waals surface area contributed by atoms with Crippen LogP contribution in [-0.2, 0) is 4.79 Å². The number of amides is 1. The van der Waals surface area contributed by atoms with Gasteiger partial charge >= 0.3 is 0 Å². The van der Waals surface area contributed by atoms with E-state index < -0.39 is 0 Å². The van der Waals surface area contributed by atoms with Crippen LogP contribution in [0.1, 0.15) is 23.6 Å². The molecule has 4 nitrogen and oxygen atoms in total. The van der Waals surface area contributed by atoms with Crippen LogP contribution in [0.2, 0.25) is 5.02 Å². The summed E-state index contributed by atoms with van der Waals surface area (Å²) in [4.78, 5) is 11.8. The Labute approximate surface area is 153 Å². The molecule has 0 saturated heterocycles. The summed E-state index contributed by atoms with van der Waals surface area (Å²) in [5.41, 5.74) is 6.28. The van der Waals surface area contributed by atoms with Crippen molar-refractivity contribution in [2.45, 2.75) is 20.8 Å². The molecule has 0 atom stereocenters. The quantitative estimate of drug-likeness (QED) is 0.610. The van der Waals surface area contributed by atoms with Gasteiger partial charge in [-0.2, -0.15) is 5.10 Å². The zero-order valence-corrected chi connectivity index (χ0v) is 15.3. The smallest absolute Gasteiger partial charge is 0.277 e. The van der Waals surface area contributed by atoms with Gasteiger partial charge in [-0.05, 0) is 55.2 Å². The van der Waals surface area contributed by atoms with Crippen LogP contribution in [0.4, 0.5) is 0 Å². The van der Waals surface area contributed by atoms with Crippen molar-refractivity contribution in [3.8, 4) is 5.75 Å². The van der Waals surface area contributed by atoms with Crippen LogP contribution < -0.4 is 10.2 Å². The zero-order valence-electron chi connectivity index (χ0n) is 14.5. The Hall–Kier alpha value is -2.59. The van der Waals surface area contributed by atoms with Gasteiger partial charge in [-0.25, -0.2) is 5.43 Å². The first-order valence-corrected chi connectivity index (χ1v) is 8.28. The Morgan fingerprint density at radius 2 is 1.84 bits per heavy atom. The van der Waals surface area contributed by atoms with Crippen molar-refractivity contribution in [3.63, 3.8) is 0 Å². The van der Waals surface area contributed by atoms with Gasteiger partial charge in [-0.15, -0.1) is 0 Å². The SMILES string of the molecule is CC(/C=N\NC(=O)COc1cc(C)c(Cl)c(C)c1)=C/c1ccccc1. The van der Waals surface area contributed by atoms with Gasteiger partial charge in [0.25, 0.3) is 5.91 Å². The Balaban J connectivity index is 1.83. The van der Waals surface area contributed by atoms with Gasteiger partial charge < -0.3 is 4.74 Å². The predicted octanol–water partition coefficient (Wildman–Crippen LogP) is 4.54. The summed E-state index contributed by atoms with van der Waals surface area (Å²) < 4.78 is 5.48. The molecule has 1 N–H and O–H groups in total. The van der Waals surface area contributed by atoms with E-state index in [1.54, 1.807) is 18.3 Å². The maximum atomic E-state index is 11.8. The highest BCUT2D eigenvalue weighted by Gasteiger charge is 2.06. The topological polar surface area (TPSA) is 50.7 Å². The second-order valence-corrected chi connectivity index (χ2v) is 6.13. The van der Waals surface area contributed by atoms with Gasteiger partial charge in [-0.3, -0.25) is 4.79 Å². The normalized spacial score (nSPS) is 11.6. The number of hydrazone groups is 1. The Morgan fingerprint density at radius 1 is 1.20 bits per heavy atom. The lowest BCUT2D eigenvalue weighted by Gasteiger charge is -2.09. The lowest BCUT2D eigenvalue weighted by Crippen LogP contribution is -2.24. The fourth-order valence-electron chi connectivity index (χ4n) is 2.23. The van der Waals surface area contributed by atoms with E-state index in [1.807, 2.05) is 57.2 Å². The largest absolute Gasteiger partial charge is 0.484 e. The van der Waals surface area contributed by atoms with Gasteiger partial charge in [0, 0.05) is 5.02 Å². The molecule has 0 unspecified atom stereocenters. The molecule has 0 aliphatic heterocycles. The molecule has 1 amide bonds. The van der Waals surface area contributed by atoms with E-state index in [9.17, 15) is 4.79 Å². The number of halogens is 1. The minimum Gasteiger partial charge on any atom is -0.484 e. The van der Waals surface area contributed by atoms with Crippen molar-refractivity contribution in [2.75, 3.05) is 6.61 Å². The van der Waals surface area contributed by atoms with Crippen LogP contribution >= 0.6 is 11.6 Å². The number of hydrogen-bond donors (Lipinski definition) is 1. The number of carbonyl (C=O) groups excluding carboxylic acids is 1. The molecule has 0 radical (unpaired) electrons. The Kier molecular flexibility index (Phi) is 6.78. The zero-order chi connectivity index (χ0) is 18.2. The van der Waals surface area contributed by atoms with Crippen molar-refractivity contribution >= 4 is 29.8 Å². The maximum absolute atomic E-state index is 11.8. The summed E-state index contributed by atoms with van der Waals surface area (Å²) in [6.45, 7) is 5.60. The van der Waals surface area contributed by atoms with E-state index in [2.05, 4.69) is 10.5 Å². The summed E-state index contributed by atoms with van der Waals surface area (Å²) in [6.07, 6.45) is 3.58. The summed E-state index contributed by atoms with van der Waals surface area (Å²) in [6, 6.07) is 13.5. The molecule has 130 valence electrons. The third-order valence-electron chi connectivity index (χ3n) is 3.43. The van der Waals surface area contributed by atoms with E-state index in [4.69, 9.17) is 16.3 Å². The molecule has 0 bridgehead atoms. The van der Waals surface area contributed by atoms with Gasteiger partial charge in [0.15, 0.2) is 6.61 Å². The van der Waals surface area contributed by atoms with Crippen LogP contribution in [-0.4, -0.2) is 18.7 Å². The Bertz CT molecular complexity index is 776. The van der Waals surface area contributed by atoms with Crippen LogP contribution in [0.5, 0.6) is 5.75 Å². The highest BCUT2D eigenvalue weighted by atomic mass is 35.5. The average Bonchev–Trinajstić information content (AvgIpc) is 2.58. The van der Waals surface area contributed by atoms with Crippen molar-refractivity contribution in [1.82, 2.24) is 5.43 Å². The average molecular weight is 357 g/mol. The predicted molar refractivity (Wildman–Crippen MR) is 103 cm³/mol. The molecule has 0 aliphatic rings. The van der Waals surface area contributed by atoms with E-state index in [0.29, 0.717) is 10.8 Å². The molecule has 0 fully saturated rings. The van der Waals surface area contributed by atoms with Gasteiger partial charge in [0.2, 0.25) is 0 Å². The van der Waals surface area contributed by atoms with Crippen molar-refractivity contribution in [1.29, 1.82) is 0 Å². The number of hydrogen-bond acceptors (Lipinski definition) is 3. The third-order valence-corrected chi connectivity index (χ3v) is 4.03. The number of nitrogens with zero attached hydrogens (tertiary/aromatic N) is 1. The number of nitrogens with one attached hydrogen (secondary N) is 1. The van der Waals surface area contributed by atoms with Crippen molar-refractivity contribution < 1.29 is 9.53 Å². The summed E-state index contributed by atoms with van der Waals surface area (Å²) in [5.74, 6) is 0.285. The van der Waals surface area contributed by atoms with Crippen LogP contribution in [0.25, 0.3) is 6.08 Å². The second kappa shape index (κ2) is 9.04. The molecule has 5 heteroatoms. The number of rotatable bonds is 6. The van der Waals surface area contributed by atoms with Crippen LogP contribution in [0, 0.1) is 13.8 Å². The Morgan fingerprint density at radius 3 is 2.48 bits per heavy atom. The minimum atomic E-state index is -0.325. The molecule has 2 aromatic rings. The standard InChI is InChI=1S/C20H21ClN2O2/c1-14(9-17-7-5-4-6-8-17)12-22-23-19(24)13-25-18-10-15(2)20(21)16(3)11-18/h4-12H,13H2,1-3H3,(H,23,24)/b14-9-,22-12-. The van der Waals surface area contributed by atoms with E-state index in [0.717, 1.165) is 22.3 Å². The van der Waals surface area contributed by atoms with Gasteiger partial charge in [0.05, 0.1) is 6.21 Å². The fourth-order valence-corrected chi connectivity index (χ4v) is 2.34. The fraction of sp³-hybridized carbons (Fsp3) is 0.200. The number of aryl methyl sites for hydroxylation is 2. The number of carbonyl (C=O) groups is 1. The van der Waals surface area contributed by atoms with Gasteiger partial charge in [0.1, 0.15) is 5.75 Å². The van der Waals surface area contributed by atoms with Crippen LogP contribution in [0.3, 0.4) is 0 Å². The number of benzene rings is 2. The molecular formula is C20H21ClN2O2. The molecule has 0 spiro atoms. The van der Waals surface area contributed by atoms with E-state index in [-0.39, 0.29) is 12.5 Å². The van der Waals surface area contributed by atoms with Crippen molar-refractivity contribution in [3.05, 3.63) is 69.8 Å². The molecule has 0 heterocycles. The second-order valence-electron chi connectivity index (χ2n) is 5.75. The highest BCUT2D eigenvalue weighted by molar-refractivity contribution is 6.32. The molecule has 2 rings (SSSR count). The summed E-state index contributed by atoms with van der Waals surface area (Å²) >= 11 is 6.11. The first-order chi connectivity index (χ1) is 12.0. The minimum absolute atomic E-state index is 0.112. The molecule has 2 aromatic carbocycles. The monoisotopic (exact) mass is 356 g/mol. The van der Waals surface area contributed by atoms with E-state index >= 15 is 0 Å². The number of allylic oxidation sites excluding steroid dienone is 1. The molecule has 0 aliphatic carbocycles. The molecule has 0 saturated carbocycles. The molecule has 25 heavy (non-hydrogen) atoms. The molecular weight excluding hydrogens is 336 g/mol. The van der Waals surface area contributed by atoms with Gasteiger partial charge in [-0.1, -0.05) is 48.0 Å². The lowest BCUT2D eigenvalue weighted by molar-refractivity contribution is -0.123. The maximum Gasteiger partial charge on any atom is 0.277 e. The first kappa shape index (κ1) is 18.7. The molecule has 0 aromatic heterocycles. The van der Waals surface area contributed by atoms with Crippen molar-refractivity contribution in [2.24, 2.45) is 5.10 Å². The summed E-state index contributed by atoms with van der Waals surface area (Å²) in [5, 5.41) is 4.65. The highest BCUT2D eigenvalue weighted by Crippen LogP contribution is 2.25. The summed E-state index contributed by atoms with van der Waals surface area (Å²) in [7, 11) is 0. The lowest BCUT2D eigenvalue weighted by atomic mass is 10.1. The van der Waals surface area contributed by atoms with E-state index in [1.165, 1.54) is 0 Å². The third kappa shape index (κ3) is 6.08.